The minimum absolute atomic E-state index is 0.00108. The van der Waals surface area contributed by atoms with Crippen LogP contribution in [-0.4, -0.2) is 22.1 Å². The van der Waals surface area contributed by atoms with Crippen molar-refractivity contribution in [2.45, 2.75) is 12.1 Å². The van der Waals surface area contributed by atoms with Crippen molar-refractivity contribution in [3.05, 3.63) is 107 Å². The number of para-hydroxylation sites is 2. The van der Waals surface area contributed by atoms with Gasteiger partial charge in [0.15, 0.2) is 5.11 Å². The second-order valence-electron chi connectivity index (χ2n) is 7.68. The van der Waals surface area contributed by atoms with Gasteiger partial charge >= 0.3 is 0 Å². The fourth-order valence-corrected chi connectivity index (χ4v) is 4.51. The van der Waals surface area contributed by atoms with Crippen molar-refractivity contribution in [2.24, 2.45) is 0 Å². The third kappa shape index (κ3) is 3.86. The lowest BCUT2D eigenvalue weighted by Gasteiger charge is -2.27. The summed E-state index contributed by atoms with van der Waals surface area (Å²) >= 11 is 5.75. The average Bonchev–Trinajstić information content (AvgIpc) is 3.49. The van der Waals surface area contributed by atoms with E-state index in [2.05, 4.69) is 10.3 Å². The number of nitrogens with one attached hydrogen (secondary N) is 1. The highest BCUT2D eigenvalue weighted by Gasteiger charge is 2.43. The molecule has 1 fully saturated rings. The van der Waals surface area contributed by atoms with Gasteiger partial charge in [0.25, 0.3) is 5.69 Å². The van der Waals surface area contributed by atoms with E-state index in [9.17, 15) is 10.1 Å². The monoisotopic (exact) mass is 472 g/mol. The number of rotatable bonds is 6. The van der Waals surface area contributed by atoms with E-state index < -0.39 is 4.92 Å². The number of non-ortho nitro benzene ring substituents is 1. The molecule has 1 aliphatic heterocycles. The molecule has 170 valence electrons. The van der Waals surface area contributed by atoms with Gasteiger partial charge in [0, 0.05) is 23.9 Å². The quantitative estimate of drug-likeness (QED) is 0.225. The molecule has 2 aromatic heterocycles. The second kappa shape index (κ2) is 8.95. The van der Waals surface area contributed by atoms with Crippen molar-refractivity contribution >= 4 is 28.7 Å². The molecule has 1 saturated heterocycles. The summed E-state index contributed by atoms with van der Waals surface area (Å²) < 4.78 is 11.9. The molecule has 0 spiro atoms. The van der Waals surface area contributed by atoms with Crippen molar-refractivity contribution < 1.29 is 14.1 Å². The summed E-state index contributed by atoms with van der Waals surface area (Å²) in [6, 6.07) is 22.7. The van der Waals surface area contributed by atoms with Crippen molar-refractivity contribution in [1.82, 2.24) is 10.3 Å². The van der Waals surface area contributed by atoms with Crippen LogP contribution < -0.4 is 15.0 Å². The molecular formula is C25H20N4O4S. The average molecular weight is 473 g/mol. The number of ether oxygens (including phenoxy) is 1. The zero-order valence-corrected chi connectivity index (χ0v) is 18.9. The van der Waals surface area contributed by atoms with Crippen LogP contribution in [0.25, 0.3) is 11.3 Å². The predicted molar refractivity (Wildman–Crippen MR) is 132 cm³/mol. The highest BCUT2D eigenvalue weighted by Crippen LogP contribution is 2.45. The number of aromatic nitrogens is 1. The van der Waals surface area contributed by atoms with E-state index in [1.54, 1.807) is 25.4 Å². The van der Waals surface area contributed by atoms with Crippen molar-refractivity contribution in [1.29, 1.82) is 0 Å². The number of methoxy groups -OCH3 is 1. The second-order valence-corrected chi connectivity index (χ2v) is 8.06. The summed E-state index contributed by atoms with van der Waals surface area (Å²) in [5, 5.41) is 15.1. The largest absolute Gasteiger partial charge is 0.495 e. The van der Waals surface area contributed by atoms with Gasteiger partial charge in [-0.05, 0) is 48.6 Å². The number of hydrogen-bond acceptors (Lipinski definition) is 6. The van der Waals surface area contributed by atoms with Crippen molar-refractivity contribution in [2.75, 3.05) is 12.0 Å². The number of anilines is 1. The topological polar surface area (TPSA) is 93.7 Å². The molecular weight excluding hydrogens is 452 g/mol. The van der Waals surface area contributed by atoms with Crippen LogP contribution >= 0.6 is 12.2 Å². The number of nitrogens with zero attached hydrogens (tertiary/aromatic N) is 3. The molecule has 0 unspecified atom stereocenters. The molecule has 0 aliphatic carbocycles. The Kier molecular flexibility index (Phi) is 5.69. The Bertz CT molecular complexity index is 1360. The third-order valence-corrected chi connectivity index (χ3v) is 6.02. The Morgan fingerprint density at radius 1 is 1.09 bits per heavy atom. The summed E-state index contributed by atoms with van der Waals surface area (Å²) in [5.41, 5.74) is 2.22. The standard InChI is InChI=1S/C25H20N4O4S/c1-32-21-11-3-2-10-19(21)28-24(23(27-25(28)34)18-9-4-5-14-26-18)22-13-12-20(33-22)16-7-6-8-17(15-16)29(30)31/h2-15,23-24H,1H3,(H,27,34)/t23-,24+/m1/s1. The zero-order chi connectivity index (χ0) is 23.7. The molecule has 1 aliphatic rings. The van der Waals surface area contributed by atoms with Gasteiger partial charge in [-0.25, -0.2) is 0 Å². The van der Waals surface area contributed by atoms with Gasteiger partial charge in [0.2, 0.25) is 0 Å². The maximum Gasteiger partial charge on any atom is 0.270 e. The van der Waals surface area contributed by atoms with Crippen LogP contribution in [0.5, 0.6) is 5.75 Å². The van der Waals surface area contributed by atoms with E-state index in [4.69, 9.17) is 21.4 Å². The van der Waals surface area contributed by atoms with Crippen LogP contribution in [0.3, 0.4) is 0 Å². The number of furan rings is 1. The molecule has 9 heteroatoms. The van der Waals surface area contributed by atoms with Gasteiger partial charge in [0.1, 0.15) is 23.3 Å². The molecule has 0 radical (unpaired) electrons. The third-order valence-electron chi connectivity index (χ3n) is 5.70. The van der Waals surface area contributed by atoms with E-state index in [1.165, 1.54) is 12.1 Å². The number of nitro benzene ring substituents is 1. The zero-order valence-electron chi connectivity index (χ0n) is 18.1. The maximum atomic E-state index is 11.2. The predicted octanol–water partition coefficient (Wildman–Crippen LogP) is 5.44. The normalized spacial score (nSPS) is 17.4. The highest BCUT2D eigenvalue weighted by molar-refractivity contribution is 7.80. The van der Waals surface area contributed by atoms with Crippen LogP contribution in [0, 0.1) is 10.1 Å². The lowest BCUT2D eigenvalue weighted by Crippen LogP contribution is -2.29. The molecule has 2 aromatic carbocycles. The lowest BCUT2D eigenvalue weighted by atomic mass is 10.0. The molecule has 2 atom stereocenters. The first-order valence-corrected chi connectivity index (χ1v) is 11.0. The minimum atomic E-state index is -0.423. The first-order valence-electron chi connectivity index (χ1n) is 10.5. The minimum Gasteiger partial charge on any atom is -0.495 e. The SMILES string of the molecule is COc1ccccc1N1C(=S)N[C@H](c2ccccn2)[C@@H]1c1ccc(-c2cccc([N+](=O)[O-])c2)o1. The Morgan fingerprint density at radius 3 is 2.68 bits per heavy atom. The van der Waals surface area contributed by atoms with E-state index >= 15 is 0 Å². The molecule has 8 nitrogen and oxygen atoms in total. The number of hydrogen-bond donors (Lipinski definition) is 1. The summed E-state index contributed by atoms with van der Waals surface area (Å²) in [6.07, 6.45) is 1.74. The van der Waals surface area contributed by atoms with E-state index in [0.29, 0.717) is 27.9 Å². The first-order chi connectivity index (χ1) is 16.6. The van der Waals surface area contributed by atoms with Gasteiger partial charge in [-0.15, -0.1) is 0 Å². The maximum absolute atomic E-state index is 11.2. The molecule has 34 heavy (non-hydrogen) atoms. The van der Waals surface area contributed by atoms with Gasteiger partial charge in [-0.3, -0.25) is 15.1 Å². The van der Waals surface area contributed by atoms with Gasteiger partial charge < -0.3 is 19.4 Å². The summed E-state index contributed by atoms with van der Waals surface area (Å²) in [6.45, 7) is 0. The van der Waals surface area contributed by atoms with Gasteiger partial charge in [-0.1, -0.05) is 30.3 Å². The number of pyridine rings is 1. The fraction of sp³-hybridized carbons (Fsp3) is 0.120. The molecule has 3 heterocycles. The smallest absolute Gasteiger partial charge is 0.270 e. The Hall–Kier alpha value is -4.24. The molecule has 1 N–H and O–H groups in total. The Labute approximate surface area is 201 Å². The number of thiocarbonyl (C=S) groups is 1. The number of nitro groups is 1. The van der Waals surface area contributed by atoms with Gasteiger partial charge in [-0.2, -0.15) is 0 Å². The highest BCUT2D eigenvalue weighted by atomic mass is 32.1. The van der Waals surface area contributed by atoms with E-state index in [1.807, 2.05) is 59.5 Å². The summed E-state index contributed by atoms with van der Waals surface area (Å²) in [5.74, 6) is 1.83. The Morgan fingerprint density at radius 2 is 1.91 bits per heavy atom. The van der Waals surface area contributed by atoms with E-state index in [0.717, 1.165) is 11.4 Å². The summed E-state index contributed by atoms with van der Waals surface area (Å²) in [7, 11) is 1.62. The fourth-order valence-electron chi connectivity index (χ4n) is 4.17. The van der Waals surface area contributed by atoms with Crippen molar-refractivity contribution in [3.8, 4) is 17.1 Å². The van der Waals surface area contributed by atoms with E-state index in [-0.39, 0.29) is 17.8 Å². The van der Waals surface area contributed by atoms with Gasteiger partial charge in [0.05, 0.1) is 29.5 Å². The molecule has 0 amide bonds. The first kappa shape index (κ1) is 21.6. The van der Waals surface area contributed by atoms with Crippen LogP contribution in [0.1, 0.15) is 23.5 Å². The van der Waals surface area contributed by atoms with Crippen LogP contribution in [-0.2, 0) is 0 Å². The van der Waals surface area contributed by atoms with Crippen molar-refractivity contribution in [3.63, 3.8) is 0 Å². The molecule has 0 saturated carbocycles. The lowest BCUT2D eigenvalue weighted by molar-refractivity contribution is -0.384. The molecule has 5 rings (SSSR count). The summed E-state index contributed by atoms with van der Waals surface area (Å²) in [4.78, 5) is 17.3. The van der Waals surface area contributed by atoms with Crippen LogP contribution in [0.4, 0.5) is 11.4 Å². The number of benzene rings is 2. The van der Waals surface area contributed by atoms with Crippen LogP contribution in [0.15, 0.2) is 89.5 Å². The molecule has 4 aromatic rings. The van der Waals surface area contributed by atoms with Crippen LogP contribution in [0.2, 0.25) is 0 Å². The Balaban J connectivity index is 1.61. The molecule has 0 bridgehead atoms.